The molecule has 0 spiro atoms. The standard InChI is InChI=1S/C19H25NO/c1-4-5-17-9-6-15(2)12-18(17)14-20-13-16-7-10-19(21-3)11-8-16/h6-12,14,17,20H,4-5,13H2,1-3H3/b18-14-. The van der Waals surface area contributed by atoms with E-state index in [0.29, 0.717) is 5.92 Å². The Morgan fingerprint density at radius 3 is 2.67 bits per heavy atom. The number of hydrogen-bond donors (Lipinski definition) is 1. The van der Waals surface area contributed by atoms with Gasteiger partial charge in [0.25, 0.3) is 0 Å². The lowest BCUT2D eigenvalue weighted by Crippen LogP contribution is -2.10. The van der Waals surface area contributed by atoms with Crippen LogP contribution in [0, 0.1) is 5.92 Å². The Balaban J connectivity index is 1.96. The molecule has 0 amide bonds. The zero-order chi connectivity index (χ0) is 15.1. The monoisotopic (exact) mass is 283 g/mol. The van der Waals surface area contributed by atoms with E-state index in [0.717, 1.165) is 12.3 Å². The summed E-state index contributed by atoms with van der Waals surface area (Å²) < 4.78 is 5.17. The fourth-order valence-corrected chi connectivity index (χ4v) is 2.55. The Bertz CT molecular complexity index is 537. The third-order valence-electron chi connectivity index (χ3n) is 3.75. The molecule has 1 N–H and O–H groups in total. The van der Waals surface area contributed by atoms with Gasteiger partial charge in [0, 0.05) is 18.7 Å². The molecule has 1 unspecified atom stereocenters. The molecule has 1 aliphatic rings. The molecule has 1 aromatic carbocycles. The zero-order valence-corrected chi connectivity index (χ0v) is 13.2. The first-order valence-electron chi connectivity index (χ1n) is 7.65. The fraction of sp³-hybridized carbons (Fsp3) is 0.368. The quantitative estimate of drug-likeness (QED) is 0.823. The predicted molar refractivity (Wildman–Crippen MR) is 89.2 cm³/mol. The van der Waals surface area contributed by atoms with Gasteiger partial charge in [-0.2, -0.15) is 0 Å². The summed E-state index contributed by atoms with van der Waals surface area (Å²) in [6, 6.07) is 8.18. The van der Waals surface area contributed by atoms with Crippen LogP contribution < -0.4 is 10.1 Å². The molecule has 0 bridgehead atoms. The van der Waals surface area contributed by atoms with Gasteiger partial charge < -0.3 is 10.1 Å². The summed E-state index contributed by atoms with van der Waals surface area (Å²) in [5.74, 6) is 1.44. The first-order valence-corrected chi connectivity index (χ1v) is 7.65. The maximum absolute atomic E-state index is 5.17. The third-order valence-corrected chi connectivity index (χ3v) is 3.75. The number of benzene rings is 1. The van der Waals surface area contributed by atoms with E-state index in [1.54, 1.807) is 7.11 Å². The smallest absolute Gasteiger partial charge is 0.118 e. The largest absolute Gasteiger partial charge is 0.497 e. The molecule has 2 nitrogen and oxygen atoms in total. The number of methoxy groups -OCH3 is 1. The molecule has 2 heteroatoms. The highest BCUT2D eigenvalue weighted by Gasteiger charge is 2.11. The van der Waals surface area contributed by atoms with E-state index in [4.69, 9.17) is 4.74 Å². The van der Waals surface area contributed by atoms with Crippen molar-refractivity contribution >= 4 is 0 Å². The van der Waals surface area contributed by atoms with Crippen molar-refractivity contribution in [1.82, 2.24) is 5.32 Å². The topological polar surface area (TPSA) is 21.3 Å². The minimum absolute atomic E-state index is 0.544. The molecule has 0 saturated heterocycles. The molecule has 1 aliphatic carbocycles. The summed E-state index contributed by atoms with van der Waals surface area (Å²) in [6.07, 6.45) is 11.4. The Morgan fingerprint density at radius 2 is 2.00 bits per heavy atom. The van der Waals surface area contributed by atoms with Crippen molar-refractivity contribution in [2.75, 3.05) is 7.11 Å². The maximum atomic E-state index is 5.17. The van der Waals surface area contributed by atoms with E-state index in [2.05, 4.69) is 55.7 Å². The Labute approximate surface area is 128 Å². The maximum Gasteiger partial charge on any atom is 0.118 e. The van der Waals surface area contributed by atoms with Crippen LogP contribution in [0.2, 0.25) is 0 Å². The second-order valence-electron chi connectivity index (χ2n) is 5.52. The summed E-state index contributed by atoms with van der Waals surface area (Å²) in [5.41, 5.74) is 3.96. The molecule has 0 saturated carbocycles. The molecular formula is C19H25NO. The van der Waals surface area contributed by atoms with Gasteiger partial charge in [0.2, 0.25) is 0 Å². The third kappa shape index (κ3) is 4.52. The van der Waals surface area contributed by atoms with Crippen LogP contribution in [0.4, 0.5) is 0 Å². The van der Waals surface area contributed by atoms with E-state index in [9.17, 15) is 0 Å². The first-order chi connectivity index (χ1) is 10.2. The van der Waals surface area contributed by atoms with E-state index >= 15 is 0 Å². The second kappa shape index (κ2) is 7.72. The van der Waals surface area contributed by atoms with Crippen molar-refractivity contribution in [3.05, 3.63) is 65.4 Å². The molecule has 0 aliphatic heterocycles. The molecule has 0 aromatic heterocycles. The molecule has 1 atom stereocenters. The summed E-state index contributed by atoms with van der Waals surface area (Å²) in [7, 11) is 1.69. The fourth-order valence-electron chi connectivity index (χ4n) is 2.55. The highest BCUT2D eigenvalue weighted by molar-refractivity contribution is 5.38. The molecule has 21 heavy (non-hydrogen) atoms. The molecule has 0 fully saturated rings. The number of rotatable bonds is 6. The Kier molecular flexibility index (Phi) is 5.68. The first kappa shape index (κ1) is 15.4. The van der Waals surface area contributed by atoms with Crippen molar-refractivity contribution in [2.24, 2.45) is 5.92 Å². The molecule has 0 radical (unpaired) electrons. The summed E-state index contributed by atoms with van der Waals surface area (Å²) in [6.45, 7) is 5.22. The van der Waals surface area contributed by atoms with E-state index in [1.165, 1.54) is 29.6 Å². The second-order valence-corrected chi connectivity index (χ2v) is 5.52. The minimum atomic E-state index is 0.544. The molecule has 1 aromatic rings. The molecule has 2 rings (SSSR count). The Hall–Kier alpha value is -1.96. The van der Waals surface area contributed by atoms with Gasteiger partial charge in [-0.3, -0.25) is 0 Å². The van der Waals surface area contributed by atoms with E-state index < -0.39 is 0 Å². The lowest BCUT2D eigenvalue weighted by molar-refractivity contribution is 0.414. The average Bonchev–Trinajstić information content (AvgIpc) is 2.51. The average molecular weight is 283 g/mol. The zero-order valence-electron chi connectivity index (χ0n) is 13.2. The number of allylic oxidation sites excluding steroid dienone is 5. The van der Waals surface area contributed by atoms with Crippen LogP contribution in [0.1, 0.15) is 32.3 Å². The van der Waals surface area contributed by atoms with Crippen molar-refractivity contribution in [3.63, 3.8) is 0 Å². The normalized spacial score (nSPS) is 19.5. The van der Waals surface area contributed by atoms with Crippen molar-refractivity contribution in [2.45, 2.75) is 33.2 Å². The highest BCUT2D eigenvalue weighted by atomic mass is 16.5. The molecule has 112 valence electrons. The van der Waals surface area contributed by atoms with Crippen LogP contribution in [-0.4, -0.2) is 7.11 Å². The van der Waals surface area contributed by atoms with Crippen molar-refractivity contribution in [1.29, 1.82) is 0 Å². The van der Waals surface area contributed by atoms with Gasteiger partial charge in [-0.05, 0) is 36.6 Å². The number of ether oxygens (including phenoxy) is 1. The van der Waals surface area contributed by atoms with Gasteiger partial charge >= 0.3 is 0 Å². The summed E-state index contributed by atoms with van der Waals surface area (Å²) >= 11 is 0. The van der Waals surface area contributed by atoms with Crippen LogP contribution in [-0.2, 0) is 6.54 Å². The van der Waals surface area contributed by atoms with Crippen LogP contribution in [0.25, 0.3) is 0 Å². The van der Waals surface area contributed by atoms with Crippen LogP contribution in [0.3, 0.4) is 0 Å². The highest BCUT2D eigenvalue weighted by Crippen LogP contribution is 2.25. The Morgan fingerprint density at radius 1 is 1.24 bits per heavy atom. The van der Waals surface area contributed by atoms with E-state index in [-0.39, 0.29) is 0 Å². The van der Waals surface area contributed by atoms with Crippen molar-refractivity contribution < 1.29 is 4.74 Å². The van der Waals surface area contributed by atoms with Gasteiger partial charge in [0.05, 0.1) is 7.11 Å². The number of hydrogen-bond acceptors (Lipinski definition) is 2. The van der Waals surface area contributed by atoms with Gasteiger partial charge in [-0.25, -0.2) is 0 Å². The molecule has 0 heterocycles. The lowest BCUT2D eigenvalue weighted by Gasteiger charge is -2.18. The minimum Gasteiger partial charge on any atom is -0.497 e. The summed E-state index contributed by atoms with van der Waals surface area (Å²) in [4.78, 5) is 0. The van der Waals surface area contributed by atoms with Crippen LogP contribution in [0.15, 0.2) is 59.8 Å². The van der Waals surface area contributed by atoms with Crippen molar-refractivity contribution in [3.8, 4) is 5.75 Å². The van der Waals surface area contributed by atoms with Crippen LogP contribution in [0.5, 0.6) is 5.75 Å². The predicted octanol–water partition coefficient (Wildman–Crippen LogP) is 4.60. The van der Waals surface area contributed by atoms with Gasteiger partial charge in [-0.15, -0.1) is 0 Å². The molecular weight excluding hydrogens is 258 g/mol. The van der Waals surface area contributed by atoms with E-state index in [1.807, 2.05) is 12.1 Å². The van der Waals surface area contributed by atoms with Crippen LogP contribution >= 0.6 is 0 Å². The van der Waals surface area contributed by atoms with Gasteiger partial charge in [-0.1, -0.05) is 49.3 Å². The van der Waals surface area contributed by atoms with Gasteiger partial charge in [0.1, 0.15) is 5.75 Å². The van der Waals surface area contributed by atoms with Gasteiger partial charge in [0.15, 0.2) is 0 Å². The number of nitrogens with one attached hydrogen (secondary N) is 1. The lowest BCUT2D eigenvalue weighted by atomic mass is 9.89. The SMILES string of the molecule is CCCC1C=CC(C)=C/C1=C/NCc1ccc(OC)cc1. The summed E-state index contributed by atoms with van der Waals surface area (Å²) in [5, 5.41) is 3.44.